The summed E-state index contributed by atoms with van der Waals surface area (Å²) >= 11 is 0. The van der Waals surface area contributed by atoms with Gasteiger partial charge in [-0.25, -0.2) is 0 Å². The second-order valence-electron chi connectivity index (χ2n) is 7.35. The van der Waals surface area contributed by atoms with Crippen molar-refractivity contribution >= 4 is 0 Å². The number of hydrogen-bond donors (Lipinski definition) is 2. The van der Waals surface area contributed by atoms with Crippen LogP contribution in [-0.4, -0.2) is 12.6 Å². The molecule has 142 valence electrons. The zero-order valence-electron chi connectivity index (χ0n) is 16.8. The molecule has 0 amide bonds. The molecule has 0 aromatic heterocycles. The summed E-state index contributed by atoms with van der Waals surface area (Å²) in [6.07, 6.45) is 21.4. The van der Waals surface area contributed by atoms with Crippen molar-refractivity contribution in [1.82, 2.24) is 5.32 Å². The van der Waals surface area contributed by atoms with E-state index in [9.17, 15) is 0 Å². The highest BCUT2D eigenvalue weighted by Gasteiger charge is 2.08. The molecule has 0 fully saturated rings. The molecule has 24 heavy (non-hydrogen) atoms. The summed E-state index contributed by atoms with van der Waals surface area (Å²) in [4.78, 5) is 0. The predicted octanol–water partition coefficient (Wildman–Crippen LogP) is 6.33. The van der Waals surface area contributed by atoms with Crippen LogP contribution in [0.1, 0.15) is 97.8 Å². The van der Waals surface area contributed by atoms with E-state index in [0.29, 0.717) is 18.5 Å². The van der Waals surface area contributed by atoms with Crippen LogP contribution in [-0.2, 0) is 0 Å². The number of nitrogens with two attached hydrogens (primary N) is 1. The number of nitrogens with one attached hydrogen (secondary N) is 1. The fourth-order valence-electron chi connectivity index (χ4n) is 2.92. The van der Waals surface area contributed by atoms with Crippen molar-refractivity contribution in [1.29, 1.82) is 0 Å². The highest BCUT2D eigenvalue weighted by molar-refractivity contribution is 4.99. The smallest absolute Gasteiger partial charge is 0.0322 e. The molecule has 0 aliphatic rings. The molecule has 0 spiro atoms. The summed E-state index contributed by atoms with van der Waals surface area (Å²) in [5.41, 5.74) is 6.49. The molecule has 2 nitrogen and oxygen atoms in total. The van der Waals surface area contributed by atoms with E-state index in [2.05, 4.69) is 44.8 Å². The van der Waals surface area contributed by atoms with Gasteiger partial charge in [-0.2, -0.15) is 0 Å². The van der Waals surface area contributed by atoms with Gasteiger partial charge in [-0.3, -0.25) is 0 Å². The third-order valence-electron chi connectivity index (χ3n) is 4.88. The third kappa shape index (κ3) is 14.8. The Balaban J connectivity index is 3.41. The first-order valence-corrected chi connectivity index (χ1v) is 10.4. The van der Waals surface area contributed by atoms with Crippen molar-refractivity contribution in [2.24, 2.45) is 11.7 Å². The van der Waals surface area contributed by atoms with E-state index in [1.807, 2.05) is 0 Å². The van der Waals surface area contributed by atoms with Crippen LogP contribution in [0.25, 0.3) is 0 Å². The van der Waals surface area contributed by atoms with E-state index in [-0.39, 0.29) is 0 Å². The monoisotopic (exact) mass is 336 g/mol. The number of rotatable bonds is 17. The van der Waals surface area contributed by atoms with Crippen molar-refractivity contribution in [2.75, 3.05) is 6.54 Å². The van der Waals surface area contributed by atoms with Crippen LogP contribution >= 0.6 is 0 Å². The van der Waals surface area contributed by atoms with Crippen molar-refractivity contribution in [3.8, 4) is 0 Å². The lowest BCUT2D eigenvalue weighted by Crippen LogP contribution is -2.32. The second-order valence-corrected chi connectivity index (χ2v) is 7.35. The summed E-state index contributed by atoms with van der Waals surface area (Å²) < 4.78 is 0. The maximum absolute atomic E-state index is 5.57. The first-order valence-electron chi connectivity index (χ1n) is 10.4. The quantitative estimate of drug-likeness (QED) is 0.240. The van der Waals surface area contributed by atoms with Gasteiger partial charge in [0.15, 0.2) is 0 Å². The topological polar surface area (TPSA) is 38.0 Å². The average molecular weight is 337 g/mol. The molecule has 0 bridgehead atoms. The molecule has 2 heteroatoms. The Labute approximate surface area is 152 Å². The largest absolute Gasteiger partial charge is 0.385 e. The minimum Gasteiger partial charge on any atom is -0.385 e. The third-order valence-corrected chi connectivity index (χ3v) is 4.88. The highest BCUT2D eigenvalue weighted by Crippen LogP contribution is 2.12. The van der Waals surface area contributed by atoms with Crippen LogP contribution in [0, 0.1) is 5.92 Å². The van der Waals surface area contributed by atoms with Crippen molar-refractivity contribution < 1.29 is 0 Å². The molecule has 0 aromatic carbocycles. The average Bonchev–Trinajstić information content (AvgIpc) is 2.58. The lowest BCUT2D eigenvalue weighted by atomic mass is 10.0. The van der Waals surface area contributed by atoms with E-state index >= 15 is 0 Å². The van der Waals surface area contributed by atoms with Crippen molar-refractivity contribution in [3.63, 3.8) is 0 Å². The lowest BCUT2D eigenvalue weighted by molar-refractivity contribution is 0.497. The van der Waals surface area contributed by atoms with Crippen LogP contribution in [0.4, 0.5) is 0 Å². The summed E-state index contributed by atoms with van der Waals surface area (Å²) in [6.45, 7) is 11.1. The fourth-order valence-corrected chi connectivity index (χ4v) is 2.92. The fraction of sp³-hybridized carbons (Fsp3) is 0.818. The number of unbranched alkanes of at least 4 members (excludes halogenated alkanes) is 11. The molecular weight excluding hydrogens is 292 g/mol. The second kappa shape index (κ2) is 17.1. The molecule has 0 saturated carbocycles. The van der Waals surface area contributed by atoms with Crippen LogP contribution in [0.15, 0.2) is 24.4 Å². The first kappa shape index (κ1) is 23.2. The van der Waals surface area contributed by atoms with Gasteiger partial charge in [0, 0.05) is 18.3 Å². The zero-order valence-corrected chi connectivity index (χ0v) is 16.8. The van der Waals surface area contributed by atoms with Crippen LogP contribution in [0.3, 0.4) is 0 Å². The van der Waals surface area contributed by atoms with Gasteiger partial charge in [0.2, 0.25) is 0 Å². The van der Waals surface area contributed by atoms with Gasteiger partial charge < -0.3 is 11.1 Å². The Kier molecular flexibility index (Phi) is 16.5. The Morgan fingerprint density at radius 3 is 1.92 bits per heavy atom. The molecular formula is C22H44N2. The van der Waals surface area contributed by atoms with Gasteiger partial charge in [0.05, 0.1) is 0 Å². The van der Waals surface area contributed by atoms with Crippen LogP contribution in [0.2, 0.25) is 0 Å². The Bertz CT molecular complexity index is 309. The Morgan fingerprint density at radius 1 is 0.917 bits per heavy atom. The summed E-state index contributed by atoms with van der Waals surface area (Å²) in [5.74, 6) is 0.515. The van der Waals surface area contributed by atoms with Gasteiger partial charge in [0.25, 0.3) is 0 Å². The summed E-state index contributed by atoms with van der Waals surface area (Å²) in [6, 6.07) is 0.398. The van der Waals surface area contributed by atoms with E-state index in [0.717, 1.165) is 5.70 Å². The maximum Gasteiger partial charge on any atom is 0.0322 e. The van der Waals surface area contributed by atoms with E-state index in [1.54, 1.807) is 0 Å². The maximum atomic E-state index is 5.57. The normalized spacial score (nSPS) is 14.0. The van der Waals surface area contributed by atoms with Crippen LogP contribution in [0.5, 0.6) is 0 Å². The standard InChI is InChI=1S/C22H44N2/c1-5-6-7-8-9-10-11-12-13-14-15-16-17-18-20(2)22(4)24-21(3)19-23/h17-18,20,22,24H,3,5-16,19,23H2,1-2,4H3/b18-17+. The predicted molar refractivity (Wildman–Crippen MR) is 110 cm³/mol. The van der Waals surface area contributed by atoms with Gasteiger partial charge in [0.1, 0.15) is 0 Å². The molecule has 0 saturated heterocycles. The molecule has 0 aliphatic heterocycles. The molecule has 0 rings (SSSR count). The SMILES string of the molecule is C=C(CN)NC(C)C(C)/C=C/CCCCCCCCCCCCC. The summed E-state index contributed by atoms with van der Waals surface area (Å²) in [7, 11) is 0. The van der Waals surface area contributed by atoms with Gasteiger partial charge in [-0.15, -0.1) is 0 Å². The van der Waals surface area contributed by atoms with Crippen molar-refractivity contribution in [3.05, 3.63) is 24.4 Å². The molecule has 3 N–H and O–H groups in total. The van der Waals surface area contributed by atoms with Crippen molar-refractivity contribution in [2.45, 2.75) is 104 Å². The molecule has 0 heterocycles. The number of hydrogen-bond acceptors (Lipinski definition) is 2. The van der Waals surface area contributed by atoms with E-state index in [4.69, 9.17) is 5.73 Å². The highest BCUT2D eigenvalue weighted by atomic mass is 14.9. The minimum absolute atomic E-state index is 0.398. The zero-order chi connectivity index (χ0) is 18.0. The van der Waals surface area contributed by atoms with Gasteiger partial charge in [-0.1, -0.05) is 96.8 Å². The number of allylic oxidation sites excluding steroid dienone is 1. The van der Waals surface area contributed by atoms with Gasteiger partial charge >= 0.3 is 0 Å². The molecule has 2 unspecified atom stereocenters. The Hall–Kier alpha value is -0.760. The lowest BCUT2D eigenvalue weighted by Gasteiger charge is -2.20. The Morgan fingerprint density at radius 2 is 1.42 bits per heavy atom. The van der Waals surface area contributed by atoms with E-state index in [1.165, 1.54) is 77.0 Å². The van der Waals surface area contributed by atoms with E-state index < -0.39 is 0 Å². The minimum atomic E-state index is 0.398. The van der Waals surface area contributed by atoms with Crippen LogP contribution < -0.4 is 11.1 Å². The molecule has 0 aromatic rings. The van der Waals surface area contributed by atoms with Gasteiger partial charge in [-0.05, 0) is 25.7 Å². The molecule has 2 atom stereocenters. The molecule has 0 aliphatic carbocycles. The molecule has 0 radical (unpaired) electrons. The summed E-state index contributed by atoms with van der Waals surface area (Å²) in [5, 5.41) is 3.36. The first-order chi connectivity index (χ1) is 11.6.